The Kier molecular flexibility index (Phi) is 6.18. The number of methoxy groups -OCH3 is 1. The van der Waals surface area contributed by atoms with Gasteiger partial charge in [-0.3, -0.25) is 4.79 Å². The highest BCUT2D eigenvalue weighted by molar-refractivity contribution is 6.30. The fourth-order valence-corrected chi connectivity index (χ4v) is 1.96. The zero-order valence-corrected chi connectivity index (χ0v) is 13.1. The topological polar surface area (TPSA) is 63.2 Å². The molecule has 0 bridgehead atoms. The largest absolute Gasteiger partial charge is 0.385 e. The summed E-state index contributed by atoms with van der Waals surface area (Å²) in [7, 11) is 1.67. The highest BCUT2D eigenvalue weighted by Crippen LogP contribution is 2.15. The van der Waals surface area contributed by atoms with Gasteiger partial charge in [0.2, 0.25) is 0 Å². The summed E-state index contributed by atoms with van der Waals surface area (Å²) in [6, 6.07) is 10.4. The first-order chi connectivity index (χ1) is 10.7. The number of aromatic nitrogens is 1. The smallest absolute Gasteiger partial charge is 0.255 e. The SMILES string of the molecule is COCCCNc1cc(C(=O)Nc2ccc(Cl)cc2)ccn1. The van der Waals surface area contributed by atoms with Crippen molar-refractivity contribution in [2.75, 3.05) is 30.9 Å². The minimum absolute atomic E-state index is 0.190. The average Bonchev–Trinajstić information content (AvgIpc) is 2.54. The van der Waals surface area contributed by atoms with Crippen LogP contribution in [0.1, 0.15) is 16.8 Å². The van der Waals surface area contributed by atoms with Crippen molar-refractivity contribution >= 4 is 29.0 Å². The second-order valence-electron chi connectivity index (χ2n) is 4.66. The Bertz CT molecular complexity index is 617. The maximum atomic E-state index is 12.2. The quantitative estimate of drug-likeness (QED) is 0.767. The average molecular weight is 320 g/mol. The van der Waals surface area contributed by atoms with Gasteiger partial charge in [0.25, 0.3) is 5.91 Å². The monoisotopic (exact) mass is 319 g/mol. The summed E-state index contributed by atoms with van der Waals surface area (Å²) in [6.07, 6.45) is 2.48. The Balaban J connectivity index is 1.96. The maximum Gasteiger partial charge on any atom is 0.255 e. The predicted octanol–water partition coefficient (Wildman–Crippen LogP) is 3.44. The van der Waals surface area contributed by atoms with Gasteiger partial charge in [-0.15, -0.1) is 0 Å². The summed E-state index contributed by atoms with van der Waals surface area (Å²) in [4.78, 5) is 16.4. The molecule has 2 rings (SSSR count). The lowest BCUT2D eigenvalue weighted by molar-refractivity contribution is 0.102. The molecule has 0 saturated heterocycles. The first-order valence-electron chi connectivity index (χ1n) is 6.95. The van der Waals surface area contributed by atoms with Crippen LogP contribution in [0.4, 0.5) is 11.5 Å². The number of nitrogens with zero attached hydrogens (tertiary/aromatic N) is 1. The van der Waals surface area contributed by atoms with E-state index in [1.807, 2.05) is 0 Å². The van der Waals surface area contributed by atoms with Gasteiger partial charge in [0, 0.05) is 42.7 Å². The van der Waals surface area contributed by atoms with Crippen molar-refractivity contribution < 1.29 is 9.53 Å². The summed E-state index contributed by atoms with van der Waals surface area (Å²) < 4.78 is 4.98. The molecule has 0 aliphatic rings. The molecule has 0 aliphatic carbocycles. The van der Waals surface area contributed by atoms with Crippen LogP contribution in [0.15, 0.2) is 42.6 Å². The van der Waals surface area contributed by atoms with E-state index in [2.05, 4.69) is 15.6 Å². The molecule has 1 aromatic carbocycles. The van der Waals surface area contributed by atoms with Crippen LogP contribution in [0.25, 0.3) is 0 Å². The molecular formula is C16H18ClN3O2. The normalized spacial score (nSPS) is 10.3. The van der Waals surface area contributed by atoms with E-state index in [0.29, 0.717) is 28.7 Å². The van der Waals surface area contributed by atoms with Crippen molar-refractivity contribution in [1.29, 1.82) is 0 Å². The van der Waals surface area contributed by atoms with Crippen LogP contribution >= 0.6 is 11.6 Å². The van der Waals surface area contributed by atoms with E-state index in [1.54, 1.807) is 49.7 Å². The lowest BCUT2D eigenvalue weighted by Gasteiger charge is -2.08. The van der Waals surface area contributed by atoms with Gasteiger partial charge in [0.1, 0.15) is 5.82 Å². The third-order valence-electron chi connectivity index (χ3n) is 2.96. The fraction of sp³-hybridized carbons (Fsp3) is 0.250. The van der Waals surface area contributed by atoms with Crippen molar-refractivity contribution in [3.8, 4) is 0 Å². The molecule has 0 radical (unpaired) electrons. The Labute approximate surface area is 134 Å². The van der Waals surface area contributed by atoms with Gasteiger partial charge in [-0.25, -0.2) is 4.98 Å². The molecule has 116 valence electrons. The minimum Gasteiger partial charge on any atom is -0.385 e. The van der Waals surface area contributed by atoms with Crippen molar-refractivity contribution in [3.63, 3.8) is 0 Å². The molecule has 1 aromatic heterocycles. The molecule has 1 heterocycles. The number of rotatable bonds is 7. The standard InChI is InChI=1S/C16H18ClN3O2/c1-22-10-2-8-18-15-11-12(7-9-19-15)16(21)20-14-5-3-13(17)4-6-14/h3-7,9,11H,2,8,10H2,1H3,(H,18,19)(H,20,21). The number of anilines is 2. The molecule has 0 unspecified atom stereocenters. The number of nitrogens with one attached hydrogen (secondary N) is 2. The molecule has 5 nitrogen and oxygen atoms in total. The Morgan fingerprint density at radius 2 is 2.05 bits per heavy atom. The molecule has 0 atom stereocenters. The lowest BCUT2D eigenvalue weighted by atomic mass is 10.2. The van der Waals surface area contributed by atoms with E-state index in [4.69, 9.17) is 16.3 Å². The first kappa shape index (κ1) is 16.3. The number of carbonyl (C=O) groups is 1. The Morgan fingerprint density at radius 3 is 2.77 bits per heavy atom. The van der Waals surface area contributed by atoms with Gasteiger partial charge in [0.05, 0.1) is 0 Å². The number of hydrogen-bond donors (Lipinski definition) is 2. The number of carbonyl (C=O) groups excluding carboxylic acids is 1. The van der Waals surface area contributed by atoms with E-state index >= 15 is 0 Å². The molecule has 2 aromatic rings. The van der Waals surface area contributed by atoms with Crippen LogP contribution in [-0.2, 0) is 4.74 Å². The Hall–Kier alpha value is -2.11. The number of ether oxygens (including phenoxy) is 1. The predicted molar refractivity (Wildman–Crippen MR) is 88.6 cm³/mol. The van der Waals surface area contributed by atoms with Crippen LogP contribution in [0.2, 0.25) is 5.02 Å². The minimum atomic E-state index is -0.190. The highest BCUT2D eigenvalue weighted by atomic mass is 35.5. The third-order valence-corrected chi connectivity index (χ3v) is 3.21. The van der Waals surface area contributed by atoms with Gasteiger partial charge < -0.3 is 15.4 Å². The van der Waals surface area contributed by atoms with Crippen molar-refractivity contribution in [1.82, 2.24) is 4.98 Å². The highest BCUT2D eigenvalue weighted by Gasteiger charge is 2.07. The van der Waals surface area contributed by atoms with Gasteiger partial charge in [-0.05, 0) is 42.8 Å². The van der Waals surface area contributed by atoms with E-state index in [-0.39, 0.29) is 5.91 Å². The summed E-state index contributed by atoms with van der Waals surface area (Å²) in [5.74, 6) is 0.476. The van der Waals surface area contributed by atoms with Crippen LogP contribution in [-0.4, -0.2) is 31.2 Å². The molecule has 6 heteroatoms. The van der Waals surface area contributed by atoms with Crippen molar-refractivity contribution in [3.05, 3.63) is 53.2 Å². The zero-order valence-electron chi connectivity index (χ0n) is 12.3. The third kappa shape index (κ3) is 5.02. The van der Waals surface area contributed by atoms with Gasteiger partial charge in [0.15, 0.2) is 0 Å². The van der Waals surface area contributed by atoms with Crippen molar-refractivity contribution in [2.45, 2.75) is 6.42 Å². The molecule has 0 aliphatic heterocycles. The second kappa shape index (κ2) is 8.36. The van der Waals surface area contributed by atoms with Gasteiger partial charge >= 0.3 is 0 Å². The van der Waals surface area contributed by atoms with E-state index in [0.717, 1.165) is 13.0 Å². The van der Waals surface area contributed by atoms with E-state index in [1.165, 1.54) is 0 Å². The van der Waals surface area contributed by atoms with Crippen LogP contribution < -0.4 is 10.6 Å². The number of pyridine rings is 1. The second-order valence-corrected chi connectivity index (χ2v) is 5.10. The molecule has 1 amide bonds. The van der Waals surface area contributed by atoms with Gasteiger partial charge in [-0.2, -0.15) is 0 Å². The maximum absolute atomic E-state index is 12.2. The van der Waals surface area contributed by atoms with Gasteiger partial charge in [-0.1, -0.05) is 11.6 Å². The van der Waals surface area contributed by atoms with Crippen molar-refractivity contribution in [2.24, 2.45) is 0 Å². The van der Waals surface area contributed by atoms with E-state index in [9.17, 15) is 4.79 Å². The lowest BCUT2D eigenvalue weighted by Crippen LogP contribution is -2.13. The molecule has 0 fully saturated rings. The van der Waals surface area contributed by atoms with Crippen LogP contribution in [0.5, 0.6) is 0 Å². The molecular weight excluding hydrogens is 302 g/mol. The summed E-state index contributed by atoms with van der Waals surface area (Å²) in [5.41, 5.74) is 1.24. The molecule has 0 spiro atoms. The van der Waals surface area contributed by atoms with E-state index < -0.39 is 0 Å². The molecule has 0 saturated carbocycles. The molecule has 2 N–H and O–H groups in total. The fourth-order valence-electron chi connectivity index (χ4n) is 1.84. The number of amides is 1. The zero-order chi connectivity index (χ0) is 15.8. The number of benzene rings is 1. The summed E-state index contributed by atoms with van der Waals surface area (Å²) >= 11 is 5.82. The first-order valence-corrected chi connectivity index (χ1v) is 7.32. The Morgan fingerprint density at radius 1 is 1.27 bits per heavy atom. The summed E-state index contributed by atoms with van der Waals surface area (Å²) in [6.45, 7) is 1.42. The van der Waals surface area contributed by atoms with Crippen LogP contribution in [0, 0.1) is 0 Å². The van der Waals surface area contributed by atoms with Crippen LogP contribution in [0.3, 0.4) is 0 Å². The summed E-state index contributed by atoms with van der Waals surface area (Å²) in [5, 5.41) is 6.60. The number of hydrogen-bond acceptors (Lipinski definition) is 4. The molecule has 22 heavy (non-hydrogen) atoms. The number of halogens is 1.